The average molecular weight is 489 g/mol. The molecule has 9 heteroatoms. The number of ether oxygens (including phenoxy) is 3. The van der Waals surface area contributed by atoms with E-state index in [0.29, 0.717) is 12.2 Å². The highest BCUT2D eigenvalue weighted by molar-refractivity contribution is 5.85. The number of benzene rings is 2. The van der Waals surface area contributed by atoms with E-state index in [9.17, 15) is 9.59 Å². The zero-order valence-corrected chi connectivity index (χ0v) is 19.8. The van der Waals surface area contributed by atoms with E-state index in [1.54, 1.807) is 24.3 Å². The van der Waals surface area contributed by atoms with Crippen LogP contribution in [0.2, 0.25) is 0 Å². The van der Waals surface area contributed by atoms with Crippen molar-refractivity contribution in [3.8, 4) is 22.6 Å². The van der Waals surface area contributed by atoms with E-state index in [-0.39, 0.29) is 22.6 Å². The third kappa shape index (κ3) is 15.0. The van der Waals surface area contributed by atoms with Gasteiger partial charge in [-0.1, -0.05) is 37.4 Å². The first-order valence-corrected chi connectivity index (χ1v) is 10.7. The summed E-state index contributed by atoms with van der Waals surface area (Å²) in [6.07, 6.45) is 0.785. The first kappa shape index (κ1) is 29.4. The Labute approximate surface area is 204 Å². The topological polar surface area (TPSA) is 149 Å². The molecular weight excluding hydrogens is 456 g/mol. The molecule has 0 amide bonds. The molecule has 2 unspecified atom stereocenters. The van der Waals surface area contributed by atoms with Gasteiger partial charge in [0.25, 0.3) is 0 Å². The van der Waals surface area contributed by atoms with Gasteiger partial charge in [0.05, 0.1) is 26.4 Å². The standard InChI is InChI=1S/C12H10O2.C6H10O3.2C4H6O2/c13-11-5-1-9(2-6-11)10-3-7-12(14)8-4-10;1(5-3-8-5)7-2-6-4-9-6;2*1-3(2)4(5)6/h1-8,13-14H;5-6H,1-4H2;2*1H2,2H3,(H,5,6). The number of phenols is 2. The van der Waals surface area contributed by atoms with Crippen molar-refractivity contribution in [1.82, 2.24) is 0 Å². The van der Waals surface area contributed by atoms with Crippen molar-refractivity contribution in [2.45, 2.75) is 26.1 Å². The third-order valence-corrected chi connectivity index (χ3v) is 4.21. The molecule has 4 N–H and O–H groups in total. The van der Waals surface area contributed by atoms with Gasteiger partial charge in [-0.3, -0.25) is 0 Å². The zero-order valence-electron chi connectivity index (χ0n) is 19.8. The van der Waals surface area contributed by atoms with Crippen molar-refractivity contribution in [3.63, 3.8) is 0 Å². The van der Waals surface area contributed by atoms with Crippen molar-refractivity contribution < 1.29 is 44.2 Å². The van der Waals surface area contributed by atoms with Crippen LogP contribution in [0.5, 0.6) is 11.5 Å². The minimum Gasteiger partial charge on any atom is -0.508 e. The maximum Gasteiger partial charge on any atom is 0.330 e. The Balaban J connectivity index is 0.000000253. The van der Waals surface area contributed by atoms with Crippen LogP contribution in [0.1, 0.15) is 13.8 Å². The second-order valence-electron chi connectivity index (χ2n) is 7.71. The number of aromatic hydroxyl groups is 2. The number of carboxylic acid groups (broad SMARTS) is 2. The van der Waals surface area contributed by atoms with Crippen LogP contribution in [0.3, 0.4) is 0 Å². The molecule has 2 fully saturated rings. The largest absolute Gasteiger partial charge is 0.508 e. The lowest BCUT2D eigenvalue weighted by Gasteiger charge is -2.01. The fraction of sp³-hybridized carbons (Fsp3) is 0.308. The molecule has 2 aromatic rings. The molecule has 2 saturated heterocycles. The molecule has 0 saturated carbocycles. The number of epoxide rings is 2. The number of hydrogen-bond donors (Lipinski definition) is 4. The summed E-state index contributed by atoms with van der Waals surface area (Å²) in [5.41, 5.74) is 2.38. The van der Waals surface area contributed by atoms with Crippen molar-refractivity contribution in [2.75, 3.05) is 26.4 Å². The predicted molar refractivity (Wildman–Crippen MR) is 130 cm³/mol. The molecule has 2 aromatic carbocycles. The molecule has 35 heavy (non-hydrogen) atoms. The van der Waals surface area contributed by atoms with Crippen LogP contribution in [0.15, 0.2) is 72.8 Å². The third-order valence-electron chi connectivity index (χ3n) is 4.21. The first-order valence-electron chi connectivity index (χ1n) is 10.7. The van der Waals surface area contributed by atoms with Crippen LogP contribution in [0.25, 0.3) is 11.1 Å². The number of carbonyl (C=O) groups is 2. The molecule has 9 nitrogen and oxygen atoms in total. The maximum atomic E-state index is 9.60. The molecule has 0 aliphatic carbocycles. The van der Waals surface area contributed by atoms with Gasteiger partial charge in [-0.15, -0.1) is 0 Å². The van der Waals surface area contributed by atoms with Gasteiger partial charge < -0.3 is 34.6 Å². The van der Waals surface area contributed by atoms with E-state index in [4.69, 9.17) is 34.6 Å². The Kier molecular flexibility index (Phi) is 12.8. The molecule has 0 radical (unpaired) electrons. The van der Waals surface area contributed by atoms with Crippen molar-refractivity contribution in [1.29, 1.82) is 0 Å². The highest BCUT2D eigenvalue weighted by Gasteiger charge is 2.26. The van der Waals surface area contributed by atoms with Crippen molar-refractivity contribution in [3.05, 3.63) is 72.8 Å². The molecule has 2 aliphatic rings. The lowest BCUT2D eigenvalue weighted by molar-refractivity contribution is -0.133. The SMILES string of the molecule is C(OCC1CO1)C1CO1.C=C(C)C(=O)O.C=C(C)C(=O)O.Oc1ccc(-c2ccc(O)cc2)cc1. The molecule has 2 heterocycles. The summed E-state index contributed by atoms with van der Waals surface area (Å²) >= 11 is 0. The number of aliphatic carboxylic acids is 2. The van der Waals surface area contributed by atoms with Gasteiger partial charge >= 0.3 is 11.9 Å². The van der Waals surface area contributed by atoms with Gasteiger partial charge in [0, 0.05) is 11.1 Å². The summed E-state index contributed by atoms with van der Waals surface area (Å²) in [6.45, 7) is 12.5. The van der Waals surface area contributed by atoms with E-state index in [2.05, 4.69) is 13.2 Å². The Hall–Kier alpha value is -3.66. The Morgan fingerprint density at radius 3 is 1.23 bits per heavy atom. The van der Waals surface area contributed by atoms with E-state index < -0.39 is 11.9 Å². The fourth-order valence-corrected chi connectivity index (χ4v) is 1.97. The summed E-state index contributed by atoms with van der Waals surface area (Å²) in [4.78, 5) is 19.2. The molecule has 4 rings (SSSR count). The quantitative estimate of drug-likeness (QED) is 0.336. The molecule has 2 atom stereocenters. The molecule has 2 aliphatic heterocycles. The summed E-state index contributed by atoms with van der Waals surface area (Å²) < 4.78 is 15.1. The highest BCUT2D eigenvalue weighted by Crippen LogP contribution is 2.23. The van der Waals surface area contributed by atoms with Crippen LogP contribution >= 0.6 is 0 Å². The monoisotopic (exact) mass is 488 g/mol. The smallest absolute Gasteiger partial charge is 0.330 e. The minimum absolute atomic E-state index is 0.176. The van der Waals surface area contributed by atoms with Gasteiger partial charge in [0.1, 0.15) is 23.7 Å². The van der Waals surface area contributed by atoms with Gasteiger partial charge in [-0.25, -0.2) is 9.59 Å². The summed E-state index contributed by atoms with van der Waals surface area (Å²) in [6, 6.07) is 13.9. The van der Waals surface area contributed by atoms with Gasteiger partial charge in [0.15, 0.2) is 0 Å². The first-order chi connectivity index (χ1) is 16.5. The molecule has 0 aromatic heterocycles. The number of carboxylic acids is 2. The highest BCUT2D eigenvalue weighted by atomic mass is 16.6. The van der Waals surface area contributed by atoms with E-state index in [0.717, 1.165) is 37.6 Å². The molecule has 0 bridgehead atoms. The molecule has 0 spiro atoms. The molecular formula is C26H32O9. The minimum atomic E-state index is -0.935. The van der Waals surface area contributed by atoms with E-state index >= 15 is 0 Å². The lowest BCUT2D eigenvalue weighted by atomic mass is 10.1. The Morgan fingerprint density at radius 2 is 1.03 bits per heavy atom. The van der Waals surface area contributed by atoms with Crippen molar-refractivity contribution >= 4 is 11.9 Å². The predicted octanol–water partition coefficient (Wildman–Crippen LogP) is 3.86. The number of rotatable bonds is 7. The van der Waals surface area contributed by atoms with Crippen molar-refractivity contribution in [2.24, 2.45) is 0 Å². The summed E-state index contributed by atoms with van der Waals surface area (Å²) in [5.74, 6) is -1.36. The van der Waals surface area contributed by atoms with Crippen LogP contribution < -0.4 is 0 Å². The summed E-state index contributed by atoms with van der Waals surface area (Å²) in [7, 11) is 0. The van der Waals surface area contributed by atoms with Gasteiger partial charge in [-0.2, -0.15) is 0 Å². The van der Waals surface area contributed by atoms with Crippen LogP contribution in [-0.4, -0.2) is 71.0 Å². The molecule has 190 valence electrons. The number of hydrogen-bond acceptors (Lipinski definition) is 7. The second-order valence-corrected chi connectivity index (χ2v) is 7.71. The van der Waals surface area contributed by atoms with Crippen LogP contribution in [-0.2, 0) is 23.8 Å². The van der Waals surface area contributed by atoms with Crippen LogP contribution in [0.4, 0.5) is 0 Å². The Bertz CT molecular complexity index is 854. The summed E-state index contributed by atoms with van der Waals surface area (Å²) in [5, 5.41) is 34.0. The maximum absolute atomic E-state index is 9.60. The fourth-order valence-electron chi connectivity index (χ4n) is 1.97. The lowest BCUT2D eigenvalue weighted by Crippen LogP contribution is -2.06. The van der Waals surface area contributed by atoms with Gasteiger partial charge in [0.2, 0.25) is 0 Å². The zero-order chi connectivity index (χ0) is 26.4. The van der Waals surface area contributed by atoms with E-state index in [1.807, 2.05) is 24.3 Å². The Morgan fingerprint density at radius 1 is 0.771 bits per heavy atom. The second kappa shape index (κ2) is 15.3. The average Bonchev–Trinajstić information content (AvgIpc) is 3.73. The van der Waals surface area contributed by atoms with Gasteiger partial charge in [-0.05, 0) is 49.2 Å². The number of phenolic OH excluding ortho intramolecular Hbond substituents is 2. The van der Waals surface area contributed by atoms with E-state index in [1.165, 1.54) is 13.8 Å². The van der Waals surface area contributed by atoms with Crippen LogP contribution in [0, 0.1) is 0 Å². The normalized spacial score (nSPS) is 16.5.